The number of Topliss-reactive ketones (excluding diaryl/α,β-unsaturated/α-hetero) is 9. The van der Waals surface area contributed by atoms with Gasteiger partial charge in [0.25, 0.3) is 0 Å². The fraction of sp³-hybridized carbons (Fsp3) is 0.773. The van der Waals surface area contributed by atoms with Gasteiger partial charge >= 0.3 is 0 Å². The molecule has 0 heterocycles. The number of ketones is 9. The minimum absolute atomic E-state index is 0.00753. The maximum Gasteiger partial charge on any atom is 0.170 e. The highest BCUT2D eigenvalue weighted by atomic mass is 16.4. The van der Waals surface area contributed by atoms with E-state index < -0.39 is 115 Å². The van der Waals surface area contributed by atoms with Crippen molar-refractivity contribution in [3.8, 4) is 0 Å². The molecule has 0 bridgehead atoms. The number of nitrogens with one attached hydrogen (secondary N) is 1. The highest BCUT2D eigenvalue weighted by Crippen LogP contribution is 2.53. The Kier molecular flexibility index (Phi) is 13.6. The van der Waals surface area contributed by atoms with E-state index >= 15 is 0 Å². The molecule has 0 aliphatic heterocycles. The Labute approximate surface area is 337 Å². The van der Waals surface area contributed by atoms with E-state index in [1.165, 1.54) is 55.4 Å². The molecule has 3 aliphatic carbocycles. The number of oxime groups is 1. The van der Waals surface area contributed by atoms with Gasteiger partial charge in [0, 0.05) is 0 Å². The minimum atomic E-state index is -2.06. The Bertz CT molecular complexity index is 1770. The normalized spacial score (nSPS) is 34.3. The molecular weight excluding hydrogens is 732 g/mol. The molecule has 3 aliphatic rings. The van der Waals surface area contributed by atoms with E-state index in [0.29, 0.717) is 6.54 Å². The smallest absolute Gasteiger partial charge is 0.170 e. The number of hydrogen-bond acceptors (Lipinski definition) is 13. The van der Waals surface area contributed by atoms with E-state index in [1.807, 2.05) is 27.7 Å². The molecule has 0 amide bonds. The van der Waals surface area contributed by atoms with Crippen LogP contribution < -0.4 is 5.32 Å². The molecule has 0 aromatic rings. The molecule has 8 unspecified atom stereocenters. The highest BCUT2D eigenvalue weighted by molar-refractivity contribution is 6.36. The van der Waals surface area contributed by atoms with Crippen LogP contribution in [-0.2, 0) is 43.2 Å². The van der Waals surface area contributed by atoms with E-state index in [1.54, 1.807) is 13.8 Å². The predicted molar refractivity (Wildman–Crippen MR) is 211 cm³/mol. The lowest BCUT2D eigenvalue weighted by Crippen LogP contribution is -2.66. The number of hydrogen-bond donors (Lipinski definition) is 3. The van der Waals surface area contributed by atoms with Crippen molar-refractivity contribution in [2.75, 3.05) is 6.54 Å². The second-order valence-corrected chi connectivity index (χ2v) is 20.3. The van der Waals surface area contributed by atoms with Crippen LogP contribution in [0.3, 0.4) is 0 Å². The molecule has 0 radical (unpaired) electrons. The molecule has 0 aromatic carbocycles. The molecule has 3 saturated carbocycles. The van der Waals surface area contributed by atoms with Gasteiger partial charge in [-0.05, 0) is 118 Å². The van der Waals surface area contributed by atoms with Crippen LogP contribution in [-0.4, -0.2) is 86.8 Å². The van der Waals surface area contributed by atoms with Crippen LogP contribution in [0.15, 0.2) is 5.16 Å². The standard InChI is InChI=1S/C44H66N2O11/c1-22(2)19-25(46-57)27-31(49)42(12,16-15-41(11)33(51)28(26(47)20-23(3)4)30(48)39(7,8)36(41)54)38(56)43(13,32(27)50)17-18-44(14)35(53)29(45-21-24(5)6)34(52)40(9,10)37(44)55/h22-24,26-29,45,47,57H,15-21H2,1-14H3/b46-25+. The summed E-state index contributed by atoms with van der Waals surface area (Å²) < 4.78 is 0. The zero-order chi connectivity index (χ0) is 44.2. The lowest BCUT2D eigenvalue weighted by Gasteiger charge is -2.48. The topological polar surface area (TPSA) is 218 Å². The summed E-state index contributed by atoms with van der Waals surface area (Å²) in [7, 11) is 0. The summed E-state index contributed by atoms with van der Waals surface area (Å²) in [5.41, 5.74) is -11.3. The van der Waals surface area contributed by atoms with Crippen LogP contribution in [0, 0.1) is 62.1 Å². The molecule has 318 valence electrons. The molecular formula is C44H66N2O11. The molecule has 57 heavy (non-hydrogen) atoms. The predicted octanol–water partition coefficient (Wildman–Crippen LogP) is 4.92. The van der Waals surface area contributed by atoms with Gasteiger partial charge in [-0.15, -0.1) is 0 Å². The van der Waals surface area contributed by atoms with Gasteiger partial charge in [-0.25, -0.2) is 0 Å². The zero-order valence-corrected chi connectivity index (χ0v) is 36.5. The lowest BCUT2D eigenvalue weighted by molar-refractivity contribution is -0.169. The first-order valence-corrected chi connectivity index (χ1v) is 20.4. The first-order chi connectivity index (χ1) is 25.8. The largest absolute Gasteiger partial charge is 0.411 e. The van der Waals surface area contributed by atoms with Gasteiger partial charge in [0.05, 0.1) is 44.3 Å². The summed E-state index contributed by atoms with van der Waals surface area (Å²) in [5, 5.41) is 27.7. The summed E-state index contributed by atoms with van der Waals surface area (Å²) in [5.74, 6) is -10.2. The second-order valence-electron chi connectivity index (χ2n) is 20.3. The van der Waals surface area contributed by atoms with E-state index in [4.69, 9.17) is 0 Å². The lowest BCUT2D eigenvalue weighted by atomic mass is 9.50. The molecule has 13 heteroatoms. The summed E-state index contributed by atoms with van der Waals surface area (Å²) in [6, 6.07) is -1.31. The van der Waals surface area contributed by atoms with Gasteiger partial charge in [-0.3, -0.25) is 43.2 Å². The molecule has 3 fully saturated rings. The summed E-state index contributed by atoms with van der Waals surface area (Å²) in [6.45, 7) is 22.4. The van der Waals surface area contributed by atoms with Crippen LogP contribution in [0.2, 0.25) is 0 Å². The average Bonchev–Trinajstić information content (AvgIpc) is 3.11. The van der Waals surface area contributed by atoms with E-state index in [-0.39, 0.29) is 55.6 Å². The maximum absolute atomic E-state index is 15.0. The molecule has 3 rings (SSSR count). The number of aliphatic hydroxyl groups is 1. The highest BCUT2D eigenvalue weighted by Gasteiger charge is 2.67. The summed E-state index contributed by atoms with van der Waals surface area (Å²) >= 11 is 0. The third kappa shape index (κ3) is 7.96. The third-order valence-corrected chi connectivity index (χ3v) is 13.3. The number of carbonyl (C=O) groups excluding carboxylic acids is 9. The van der Waals surface area contributed by atoms with Gasteiger partial charge in [0.1, 0.15) is 17.9 Å². The first-order valence-electron chi connectivity index (χ1n) is 20.4. The van der Waals surface area contributed by atoms with Crippen molar-refractivity contribution >= 4 is 57.8 Å². The van der Waals surface area contributed by atoms with Crippen molar-refractivity contribution in [1.29, 1.82) is 0 Å². The fourth-order valence-electron chi connectivity index (χ4n) is 9.46. The molecule has 0 aromatic heterocycles. The van der Waals surface area contributed by atoms with Crippen LogP contribution >= 0.6 is 0 Å². The van der Waals surface area contributed by atoms with E-state index in [0.717, 1.165) is 0 Å². The monoisotopic (exact) mass is 798 g/mol. The van der Waals surface area contributed by atoms with Gasteiger partial charge in [-0.1, -0.05) is 46.7 Å². The van der Waals surface area contributed by atoms with Crippen LogP contribution in [0.1, 0.15) is 135 Å². The third-order valence-electron chi connectivity index (χ3n) is 13.3. The van der Waals surface area contributed by atoms with Gasteiger partial charge in [0.2, 0.25) is 0 Å². The Morgan fingerprint density at radius 3 is 1.35 bits per heavy atom. The number of aliphatic hydroxyl groups excluding tert-OH is 1. The Morgan fingerprint density at radius 1 is 0.561 bits per heavy atom. The van der Waals surface area contributed by atoms with Crippen LogP contribution in [0.25, 0.3) is 0 Å². The SMILES string of the molecule is CC(C)CNC1C(=O)C(C)(C)C(=O)C(C)(CCC2(C)C(=O)C(/C(CC(C)C)=N/O)C(=O)C(C)(CCC3(C)C(=O)C(C(O)CC(C)C)C(=O)C(C)(C)C3=O)C2=O)C1=O. The quantitative estimate of drug-likeness (QED) is 0.0871. The van der Waals surface area contributed by atoms with E-state index in [2.05, 4.69) is 10.5 Å². The maximum atomic E-state index is 15.0. The fourth-order valence-corrected chi connectivity index (χ4v) is 9.46. The van der Waals surface area contributed by atoms with Crippen molar-refractivity contribution in [1.82, 2.24) is 5.32 Å². The van der Waals surface area contributed by atoms with Crippen LogP contribution in [0.4, 0.5) is 0 Å². The first kappa shape index (κ1) is 47.8. The molecule has 3 N–H and O–H groups in total. The van der Waals surface area contributed by atoms with Crippen molar-refractivity contribution in [2.45, 2.75) is 148 Å². The second kappa shape index (κ2) is 16.2. The minimum Gasteiger partial charge on any atom is -0.411 e. The zero-order valence-electron chi connectivity index (χ0n) is 36.5. The van der Waals surface area contributed by atoms with Gasteiger partial charge in [0.15, 0.2) is 52.0 Å². The molecule has 8 atom stereocenters. The Balaban J connectivity index is 2.17. The van der Waals surface area contributed by atoms with Crippen LogP contribution in [0.5, 0.6) is 0 Å². The van der Waals surface area contributed by atoms with Crippen molar-refractivity contribution in [3.05, 3.63) is 0 Å². The summed E-state index contributed by atoms with van der Waals surface area (Å²) in [6.07, 6.45) is -2.78. The summed E-state index contributed by atoms with van der Waals surface area (Å²) in [4.78, 5) is 128. The molecule has 0 spiro atoms. The number of rotatable bonds is 15. The molecule has 0 saturated heterocycles. The van der Waals surface area contributed by atoms with Crippen molar-refractivity contribution < 1.29 is 53.5 Å². The van der Waals surface area contributed by atoms with E-state index in [9.17, 15) is 53.5 Å². The number of nitrogens with zero attached hydrogens (tertiary/aromatic N) is 1. The average molecular weight is 799 g/mol. The number of carbonyl (C=O) groups is 9. The Hall–Kier alpha value is -3.58. The van der Waals surface area contributed by atoms with Gasteiger partial charge in [-0.2, -0.15) is 0 Å². The van der Waals surface area contributed by atoms with Crippen molar-refractivity contribution in [3.63, 3.8) is 0 Å². The van der Waals surface area contributed by atoms with Gasteiger partial charge < -0.3 is 15.6 Å². The van der Waals surface area contributed by atoms with Crippen molar-refractivity contribution in [2.24, 2.45) is 67.2 Å². The molecule has 13 nitrogen and oxygen atoms in total. The Morgan fingerprint density at radius 2 is 0.965 bits per heavy atom.